The fourth-order valence-corrected chi connectivity index (χ4v) is 3.12. The third-order valence-corrected chi connectivity index (χ3v) is 5.13. The minimum atomic E-state index is -3.51. The van der Waals surface area contributed by atoms with Crippen LogP contribution in [0.15, 0.2) is 23.1 Å². The Hall–Kier alpha value is -1.05. The van der Waals surface area contributed by atoms with E-state index in [1.807, 2.05) is 6.07 Å². The van der Waals surface area contributed by atoms with Gasteiger partial charge in [-0.25, -0.2) is 8.42 Å². The highest BCUT2D eigenvalue weighted by Gasteiger charge is 2.25. The highest BCUT2D eigenvalue weighted by Crippen LogP contribution is 2.22. The molecule has 1 unspecified atom stereocenters. The van der Waals surface area contributed by atoms with E-state index < -0.39 is 15.1 Å². The predicted octanol–water partition coefficient (Wildman–Crippen LogP) is 2.27. The lowest BCUT2D eigenvalue weighted by Crippen LogP contribution is -2.20. The molecular formula is C11H12ClNO2S. The van der Waals surface area contributed by atoms with Crippen LogP contribution >= 0.6 is 11.6 Å². The van der Waals surface area contributed by atoms with Crippen molar-refractivity contribution in [3.05, 3.63) is 29.3 Å². The molecule has 0 heterocycles. The van der Waals surface area contributed by atoms with Crippen LogP contribution in [0.3, 0.4) is 0 Å². The predicted molar refractivity (Wildman–Crippen MR) is 63.3 cm³/mol. The molecule has 0 aliphatic rings. The number of alkyl halides is 1. The van der Waals surface area contributed by atoms with Gasteiger partial charge in [0.2, 0.25) is 0 Å². The van der Waals surface area contributed by atoms with Gasteiger partial charge in [0.25, 0.3) is 0 Å². The number of benzene rings is 1. The molecule has 0 aromatic heterocycles. The van der Waals surface area contributed by atoms with Crippen molar-refractivity contribution in [3.8, 4) is 6.07 Å². The van der Waals surface area contributed by atoms with Crippen molar-refractivity contribution in [2.24, 2.45) is 0 Å². The largest absolute Gasteiger partial charge is 0.223 e. The van der Waals surface area contributed by atoms with Crippen molar-refractivity contribution in [3.63, 3.8) is 0 Å². The van der Waals surface area contributed by atoms with Crippen LogP contribution in [0.5, 0.6) is 0 Å². The first kappa shape index (κ1) is 13.0. The van der Waals surface area contributed by atoms with Crippen molar-refractivity contribution in [2.75, 3.05) is 5.88 Å². The zero-order valence-electron chi connectivity index (χ0n) is 9.07. The highest BCUT2D eigenvalue weighted by molar-refractivity contribution is 7.92. The summed E-state index contributed by atoms with van der Waals surface area (Å²) < 4.78 is 24.1. The van der Waals surface area contributed by atoms with Gasteiger partial charge in [-0.15, -0.1) is 11.6 Å². The molecule has 1 rings (SSSR count). The van der Waals surface area contributed by atoms with Crippen LogP contribution in [0.1, 0.15) is 18.1 Å². The third kappa shape index (κ3) is 2.37. The van der Waals surface area contributed by atoms with Crippen LogP contribution in [0, 0.1) is 18.3 Å². The molecule has 1 aromatic carbocycles. The monoisotopic (exact) mass is 257 g/mol. The van der Waals surface area contributed by atoms with Crippen LogP contribution < -0.4 is 0 Å². The Morgan fingerprint density at radius 1 is 1.50 bits per heavy atom. The summed E-state index contributed by atoms with van der Waals surface area (Å²) in [7, 11) is -3.51. The lowest BCUT2D eigenvalue weighted by molar-refractivity contribution is 0.587. The first-order valence-electron chi connectivity index (χ1n) is 4.74. The van der Waals surface area contributed by atoms with E-state index in [0.29, 0.717) is 0 Å². The van der Waals surface area contributed by atoms with Gasteiger partial charge in [-0.05, 0) is 31.5 Å². The Bertz CT molecular complexity index is 531. The topological polar surface area (TPSA) is 57.9 Å². The second kappa shape index (κ2) is 4.86. The average molecular weight is 258 g/mol. The summed E-state index contributed by atoms with van der Waals surface area (Å²) in [5.74, 6) is 0.0150. The zero-order chi connectivity index (χ0) is 12.3. The maximum absolute atomic E-state index is 12.1. The summed E-state index contributed by atoms with van der Waals surface area (Å²) in [5, 5.41) is 8.19. The van der Waals surface area contributed by atoms with Gasteiger partial charge >= 0.3 is 0 Å². The summed E-state index contributed by atoms with van der Waals surface area (Å²) in [6, 6.07) is 6.62. The second-order valence-electron chi connectivity index (χ2n) is 3.62. The number of aryl methyl sites for hydroxylation is 1. The molecule has 0 aliphatic heterocycles. The normalized spacial score (nSPS) is 13.1. The molecule has 1 aromatic rings. The number of hydrogen-bond donors (Lipinski definition) is 0. The second-order valence-corrected chi connectivity index (χ2v) is 6.26. The molecule has 0 spiro atoms. The molecule has 3 nitrogen and oxygen atoms in total. The minimum absolute atomic E-state index is 0.0150. The third-order valence-electron chi connectivity index (χ3n) is 2.31. The fourth-order valence-electron chi connectivity index (χ4n) is 1.26. The molecule has 5 heteroatoms. The molecule has 86 valence electrons. The van der Waals surface area contributed by atoms with Crippen LogP contribution in [0.2, 0.25) is 0 Å². The molecule has 0 amide bonds. The van der Waals surface area contributed by atoms with E-state index in [-0.39, 0.29) is 16.3 Å². The van der Waals surface area contributed by atoms with Crippen LogP contribution in [-0.4, -0.2) is 19.5 Å². The Balaban J connectivity index is 3.44. The van der Waals surface area contributed by atoms with Crippen LogP contribution in [-0.2, 0) is 9.84 Å². The van der Waals surface area contributed by atoms with E-state index in [9.17, 15) is 8.42 Å². The van der Waals surface area contributed by atoms with Crippen LogP contribution in [0.25, 0.3) is 0 Å². The lowest BCUT2D eigenvalue weighted by atomic mass is 10.2. The molecule has 0 N–H and O–H groups in total. The van der Waals surface area contributed by atoms with E-state index in [4.69, 9.17) is 16.9 Å². The molecule has 0 saturated heterocycles. The van der Waals surface area contributed by atoms with Gasteiger partial charge in [-0.2, -0.15) is 5.26 Å². The van der Waals surface area contributed by atoms with Gasteiger partial charge in [0, 0.05) is 5.88 Å². The number of hydrogen-bond acceptors (Lipinski definition) is 3. The smallest absolute Gasteiger partial charge is 0.183 e. The number of halogens is 1. The van der Waals surface area contributed by atoms with Gasteiger partial charge in [0.1, 0.15) is 6.07 Å². The molecule has 0 saturated carbocycles. The van der Waals surface area contributed by atoms with Crippen LogP contribution in [0.4, 0.5) is 0 Å². The zero-order valence-corrected chi connectivity index (χ0v) is 10.6. The SMILES string of the molecule is Cc1ccc(C#N)c(S(=O)(=O)C(C)CCl)c1. The average Bonchev–Trinajstić information content (AvgIpc) is 2.27. The van der Waals surface area contributed by atoms with E-state index in [1.54, 1.807) is 13.0 Å². The summed E-state index contributed by atoms with van der Waals surface area (Å²) in [6.45, 7) is 3.32. The van der Waals surface area contributed by atoms with E-state index in [0.717, 1.165) is 5.56 Å². The van der Waals surface area contributed by atoms with Crippen molar-refractivity contribution >= 4 is 21.4 Å². The molecule has 0 bridgehead atoms. The Kier molecular flexibility index (Phi) is 3.95. The summed E-state index contributed by atoms with van der Waals surface area (Å²) in [4.78, 5) is 0.0724. The molecule has 0 radical (unpaired) electrons. The van der Waals surface area contributed by atoms with E-state index in [2.05, 4.69) is 0 Å². The quantitative estimate of drug-likeness (QED) is 0.781. The van der Waals surface area contributed by atoms with Crippen molar-refractivity contribution in [2.45, 2.75) is 24.0 Å². The maximum atomic E-state index is 12.1. The first-order valence-corrected chi connectivity index (χ1v) is 6.82. The van der Waals surface area contributed by atoms with Gasteiger partial charge in [0.05, 0.1) is 15.7 Å². The molecular weight excluding hydrogens is 246 g/mol. The fraction of sp³-hybridized carbons (Fsp3) is 0.364. The van der Waals surface area contributed by atoms with Crippen molar-refractivity contribution < 1.29 is 8.42 Å². The van der Waals surface area contributed by atoms with E-state index >= 15 is 0 Å². The first-order chi connectivity index (χ1) is 7.43. The van der Waals surface area contributed by atoms with Crippen molar-refractivity contribution in [1.82, 2.24) is 0 Å². The summed E-state index contributed by atoms with van der Waals surface area (Å²) >= 11 is 5.56. The van der Waals surface area contributed by atoms with Crippen molar-refractivity contribution in [1.29, 1.82) is 5.26 Å². The number of rotatable bonds is 3. The lowest BCUT2D eigenvalue weighted by Gasteiger charge is -2.11. The Labute approximate surface area is 101 Å². The Morgan fingerprint density at radius 2 is 2.12 bits per heavy atom. The molecule has 16 heavy (non-hydrogen) atoms. The highest BCUT2D eigenvalue weighted by atomic mass is 35.5. The maximum Gasteiger partial charge on any atom is 0.183 e. The van der Waals surface area contributed by atoms with Gasteiger partial charge in [-0.3, -0.25) is 0 Å². The Morgan fingerprint density at radius 3 is 2.62 bits per heavy atom. The summed E-state index contributed by atoms with van der Waals surface area (Å²) in [6.07, 6.45) is 0. The van der Waals surface area contributed by atoms with Gasteiger partial charge in [-0.1, -0.05) is 6.07 Å². The molecule has 0 fully saturated rings. The minimum Gasteiger partial charge on any atom is -0.223 e. The number of nitriles is 1. The van der Waals surface area contributed by atoms with E-state index in [1.165, 1.54) is 19.1 Å². The standard InChI is InChI=1S/C11H12ClNO2S/c1-8-3-4-10(7-13)11(5-8)16(14,15)9(2)6-12/h3-5,9H,6H2,1-2H3. The number of nitrogens with zero attached hydrogens (tertiary/aromatic N) is 1. The molecule has 1 atom stereocenters. The molecule has 0 aliphatic carbocycles. The summed E-state index contributed by atoms with van der Waals surface area (Å²) in [5.41, 5.74) is 0.974. The van der Waals surface area contributed by atoms with Gasteiger partial charge in [0.15, 0.2) is 9.84 Å². The number of sulfone groups is 1. The van der Waals surface area contributed by atoms with Gasteiger partial charge < -0.3 is 0 Å².